The van der Waals surface area contributed by atoms with Crippen LogP contribution >= 0.6 is 0 Å². The molecule has 2 aromatic heterocycles. The van der Waals surface area contributed by atoms with E-state index in [9.17, 15) is 17.4 Å². The minimum atomic E-state index is -4.71. The van der Waals surface area contributed by atoms with Gasteiger partial charge in [0, 0.05) is 25.1 Å². The number of rotatable bonds is 6. The Morgan fingerprint density at radius 2 is 1.81 bits per heavy atom. The van der Waals surface area contributed by atoms with Crippen molar-refractivity contribution in [2.75, 3.05) is 17.5 Å². The molecule has 164 valence electrons. The topological polar surface area (TPSA) is 81.4 Å². The number of aromatic nitrogens is 3. The summed E-state index contributed by atoms with van der Waals surface area (Å²) >= 11 is 0. The highest BCUT2D eigenvalue weighted by Crippen LogP contribution is 2.30. The molecule has 0 saturated carbocycles. The Morgan fingerprint density at radius 1 is 1.06 bits per heavy atom. The number of nitrogens with zero attached hydrogens (tertiary/aromatic N) is 4. The zero-order valence-electron chi connectivity index (χ0n) is 16.3. The molecule has 1 unspecified atom stereocenters. The molecule has 1 fully saturated rings. The molecule has 1 atom stereocenters. The molecule has 1 aliphatic heterocycles. The summed E-state index contributed by atoms with van der Waals surface area (Å²) in [7, 11) is -1.30. The fourth-order valence-corrected chi connectivity index (χ4v) is 4.70. The summed E-state index contributed by atoms with van der Waals surface area (Å²) < 4.78 is 63.1. The molecule has 0 amide bonds. The summed E-state index contributed by atoms with van der Waals surface area (Å²) in [5, 5.41) is 6.43. The molecule has 0 radical (unpaired) electrons. The molecule has 3 aromatic rings. The Bertz CT molecular complexity index is 1020. The van der Waals surface area contributed by atoms with E-state index in [4.69, 9.17) is 4.74 Å². The van der Waals surface area contributed by atoms with Crippen LogP contribution < -0.4 is 4.31 Å². The molecule has 11 heteroatoms. The lowest BCUT2D eigenvalue weighted by molar-refractivity contribution is -0.156. The van der Waals surface area contributed by atoms with Gasteiger partial charge in [-0.05, 0) is 37.1 Å². The van der Waals surface area contributed by atoms with Crippen molar-refractivity contribution in [1.29, 1.82) is 0 Å². The maximum Gasteiger partial charge on any atom is 0.470 e. The summed E-state index contributed by atoms with van der Waals surface area (Å²) in [6, 6.07) is 12.6. The van der Waals surface area contributed by atoms with Gasteiger partial charge >= 0.3 is 12.1 Å². The van der Waals surface area contributed by atoms with Crippen LogP contribution in [0.2, 0.25) is 0 Å². The average molecular weight is 452 g/mol. The lowest BCUT2D eigenvalue weighted by Gasteiger charge is -2.30. The van der Waals surface area contributed by atoms with Gasteiger partial charge in [-0.2, -0.15) is 13.2 Å². The van der Waals surface area contributed by atoms with Gasteiger partial charge in [-0.1, -0.05) is 18.2 Å². The van der Waals surface area contributed by atoms with Crippen molar-refractivity contribution in [2.45, 2.75) is 30.8 Å². The quantitative estimate of drug-likeness (QED) is 0.562. The maximum atomic E-state index is 13.3. The van der Waals surface area contributed by atoms with Crippen LogP contribution in [0.25, 0.3) is 11.5 Å². The molecular formula is C20H19F3N4O3S. The number of anilines is 1. The Labute approximate surface area is 178 Å². The lowest BCUT2D eigenvalue weighted by Crippen LogP contribution is -2.36. The van der Waals surface area contributed by atoms with E-state index in [0.717, 1.165) is 5.69 Å². The monoisotopic (exact) mass is 452 g/mol. The summed E-state index contributed by atoms with van der Waals surface area (Å²) in [4.78, 5) is 4.31. The van der Waals surface area contributed by atoms with E-state index >= 15 is 0 Å². The second-order valence-corrected chi connectivity index (χ2v) is 8.57. The van der Waals surface area contributed by atoms with Crippen LogP contribution in [0.4, 0.5) is 18.9 Å². The van der Waals surface area contributed by atoms with Crippen LogP contribution in [-0.2, 0) is 28.4 Å². The van der Waals surface area contributed by atoms with E-state index in [1.807, 2.05) is 30.3 Å². The van der Waals surface area contributed by atoms with Gasteiger partial charge in [-0.3, -0.25) is 9.29 Å². The molecule has 1 aliphatic rings. The van der Waals surface area contributed by atoms with Gasteiger partial charge in [-0.25, -0.2) is 4.21 Å². The van der Waals surface area contributed by atoms with Crippen LogP contribution in [0.5, 0.6) is 0 Å². The van der Waals surface area contributed by atoms with Gasteiger partial charge in [-0.15, -0.1) is 10.2 Å². The van der Waals surface area contributed by atoms with Crippen LogP contribution in [0.1, 0.15) is 24.4 Å². The third-order valence-corrected chi connectivity index (χ3v) is 6.58. The molecule has 0 N–H and O–H groups in total. The molecular weight excluding hydrogens is 433 g/mol. The van der Waals surface area contributed by atoms with E-state index in [-0.39, 0.29) is 23.2 Å². The zero-order chi connectivity index (χ0) is 21.8. The maximum absolute atomic E-state index is 13.3. The van der Waals surface area contributed by atoms with Crippen molar-refractivity contribution in [3.05, 3.63) is 60.2 Å². The van der Waals surface area contributed by atoms with Crippen LogP contribution in [0.15, 0.2) is 53.1 Å². The van der Waals surface area contributed by atoms with Gasteiger partial charge in [0.1, 0.15) is 11.0 Å². The molecule has 3 heterocycles. The minimum absolute atomic E-state index is 0.0209. The highest BCUT2D eigenvalue weighted by molar-refractivity contribution is 7.87. The van der Waals surface area contributed by atoms with Gasteiger partial charge in [0.15, 0.2) is 0 Å². The third-order valence-electron chi connectivity index (χ3n) is 4.76. The van der Waals surface area contributed by atoms with Crippen LogP contribution in [0, 0.1) is 0 Å². The first-order valence-electron chi connectivity index (χ1n) is 9.59. The van der Waals surface area contributed by atoms with Gasteiger partial charge in [0.2, 0.25) is 5.89 Å². The van der Waals surface area contributed by atoms with Crippen molar-refractivity contribution in [1.82, 2.24) is 15.2 Å². The largest absolute Gasteiger partial charge is 0.470 e. The van der Waals surface area contributed by atoms with Crippen LogP contribution in [-0.4, -0.2) is 37.9 Å². The molecule has 1 saturated heterocycles. The van der Waals surface area contributed by atoms with E-state index < -0.39 is 23.1 Å². The standard InChI is InChI=1S/C20H19F3N4O3S/c21-20(22,23)19-26-25-18(30-19)14-6-7-15(24-12-14)13-27(16-4-2-1-3-5-16)31(28)17-8-10-29-11-9-17/h1-7,12,17H,8-11,13H2. The SMILES string of the molecule is O=S(C1CCOCC1)N(Cc1ccc(-c2nnc(C(F)(F)F)o2)cn1)c1ccccc1. The van der Waals surface area contributed by atoms with E-state index in [1.165, 1.54) is 6.20 Å². The van der Waals surface area contributed by atoms with Gasteiger partial charge in [0.05, 0.1) is 23.1 Å². The lowest BCUT2D eigenvalue weighted by atomic mass is 10.2. The van der Waals surface area contributed by atoms with Crippen molar-refractivity contribution in [3.63, 3.8) is 0 Å². The van der Waals surface area contributed by atoms with E-state index in [2.05, 4.69) is 19.6 Å². The number of ether oxygens (including phenoxy) is 1. The fourth-order valence-electron chi connectivity index (χ4n) is 3.16. The molecule has 7 nitrogen and oxygen atoms in total. The van der Waals surface area contributed by atoms with Crippen molar-refractivity contribution >= 4 is 16.7 Å². The second-order valence-electron chi connectivity index (χ2n) is 6.91. The minimum Gasteiger partial charge on any atom is -0.413 e. The first-order valence-corrected chi connectivity index (χ1v) is 10.8. The smallest absolute Gasteiger partial charge is 0.413 e. The molecule has 0 spiro atoms. The summed E-state index contributed by atoms with van der Waals surface area (Å²) in [5.74, 6) is -1.68. The Morgan fingerprint density at radius 3 is 2.42 bits per heavy atom. The highest BCUT2D eigenvalue weighted by atomic mass is 32.2. The first kappa shape index (κ1) is 21.4. The molecule has 0 aliphatic carbocycles. The fraction of sp³-hybridized carbons (Fsp3) is 0.350. The molecule has 31 heavy (non-hydrogen) atoms. The van der Waals surface area contributed by atoms with E-state index in [0.29, 0.717) is 31.7 Å². The summed E-state index contributed by atoms with van der Waals surface area (Å²) in [6.45, 7) is 1.43. The predicted molar refractivity (Wildman–Crippen MR) is 107 cm³/mol. The summed E-state index contributed by atoms with van der Waals surface area (Å²) in [5.41, 5.74) is 1.66. The van der Waals surface area contributed by atoms with Crippen molar-refractivity contribution < 1.29 is 26.5 Å². The number of hydrogen-bond donors (Lipinski definition) is 0. The van der Waals surface area contributed by atoms with E-state index in [1.54, 1.807) is 16.4 Å². The molecule has 0 bridgehead atoms. The average Bonchev–Trinajstić information content (AvgIpc) is 3.30. The summed E-state index contributed by atoms with van der Waals surface area (Å²) in [6.07, 6.45) is -1.92. The number of benzene rings is 1. The van der Waals surface area contributed by atoms with Crippen molar-refractivity contribution in [3.8, 4) is 11.5 Å². The third kappa shape index (κ3) is 5.10. The Balaban J connectivity index is 1.54. The number of halogens is 3. The van der Waals surface area contributed by atoms with Gasteiger partial charge in [0.25, 0.3) is 0 Å². The Hall–Kier alpha value is -2.79. The number of pyridine rings is 1. The second kappa shape index (κ2) is 9.15. The number of hydrogen-bond acceptors (Lipinski definition) is 6. The molecule has 4 rings (SSSR count). The predicted octanol–water partition coefficient (Wildman–Crippen LogP) is 4.00. The first-order chi connectivity index (χ1) is 14.9. The zero-order valence-corrected chi connectivity index (χ0v) is 17.1. The van der Waals surface area contributed by atoms with Crippen molar-refractivity contribution in [2.24, 2.45) is 0 Å². The molecule has 1 aromatic carbocycles. The number of alkyl halides is 3. The highest BCUT2D eigenvalue weighted by Gasteiger charge is 2.38. The number of para-hydroxylation sites is 1. The normalized spacial score (nSPS) is 16.2. The van der Waals surface area contributed by atoms with Crippen LogP contribution in [0.3, 0.4) is 0 Å². The van der Waals surface area contributed by atoms with Gasteiger partial charge < -0.3 is 9.15 Å². The Kier molecular flexibility index (Phi) is 6.33.